The number of carbonyl (C=O) groups is 1. The highest BCUT2D eigenvalue weighted by molar-refractivity contribution is 7.88. The summed E-state index contributed by atoms with van der Waals surface area (Å²) < 4.78 is 27.1. The van der Waals surface area contributed by atoms with E-state index in [0.29, 0.717) is 17.8 Å². The van der Waals surface area contributed by atoms with E-state index >= 15 is 0 Å². The van der Waals surface area contributed by atoms with E-state index in [2.05, 4.69) is 20.4 Å². The quantitative estimate of drug-likeness (QED) is 0.615. The largest absolute Gasteiger partial charge is 0.347 e. The molecule has 0 fully saturated rings. The van der Waals surface area contributed by atoms with Crippen LogP contribution in [-0.4, -0.2) is 36.4 Å². The van der Waals surface area contributed by atoms with Gasteiger partial charge >= 0.3 is 0 Å². The van der Waals surface area contributed by atoms with Gasteiger partial charge < -0.3 is 5.32 Å². The van der Waals surface area contributed by atoms with Crippen LogP contribution in [0.25, 0.3) is 5.69 Å². The van der Waals surface area contributed by atoms with Crippen molar-refractivity contribution in [2.75, 3.05) is 7.05 Å². The van der Waals surface area contributed by atoms with Crippen LogP contribution >= 0.6 is 0 Å². The van der Waals surface area contributed by atoms with Crippen molar-refractivity contribution in [1.82, 2.24) is 25.0 Å². The molecule has 0 aliphatic heterocycles. The Hall–Kier alpha value is -3.04. The van der Waals surface area contributed by atoms with Crippen LogP contribution in [0.5, 0.6) is 0 Å². The minimum atomic E-state index is -3.31. The fourth-order valence-electron chi connectivity index (χ4n) is 2.78. The number of rotatable bonds is 7. The van der Waals surface area contributed by atoms with E-state index in [4.69, 9.17) is 0 Å². The third kappa shape index (κ3) is 5.07. The van der Waals surface area contributed by atoms with Gasteiger partial charge in [-0.2, -0.15) is 0 Å². The number of aromatic nitrogens is 3. The van der Waals surface area contributed by atoms with Crippen LogP contribution in [-0.2, 0) is 22.3 Å². The van der Waals surface area contributed by atoms with Gasteiger partial charge in [0.1, 0.15) is 0 Å². The molecule has 9 heteroatoms. The molecule has 152 valence electrons. The van der Waals surface area contributed by atoms with Gasteiger partial charge in [-0.05, 0) is 44.2 Å². The smallest absolute Gasteiger partial charge is 0.274 e. The molecule has 2 N–H and O–H groups in total. The Bertz CT molecular complexity index is 1100. The van der Waals surface area contributed by atoms with Crippen molar-refractivity contribution in [3.63, 3.8) is 0 Å². The van der Waals surface area contributed by atoms with Crippen molar-refractivity contribution in [2.24, 2.45) is 0 Å². The summed E-state index contributed by atoms with van der Waals surface area (Å²) in [5.41, 5.74) is 4.42. The van der Waals surface area contributed by atoms with Crippen LogP contribution in [0.2, 0.25) is 0 Å². The number of aryl methyl sites for hydroxylation is 1. The first-order valence-electron chi connectivity index (χ1n) is 9.05. The average molecular weight is 414 g/mol. The molecule has 0 aliphatic carbocycles. The topological polar surface area (TPSA) is 106 Å². The molecule has 8 nitrogen and oxygen atoms in total. The molecule has 3 aromatic rings. The van der Waals surface area contributed by atoms with E-state index in [0.717, 1.165) is 16.8 Å². The molecule has 0 aliphatic rings. The summed E-state index contributed by atoms with van der Waals surface area (Å²) in [6.45, 7) is 4.10. The zero-order valence-electron chi connectivity index (χ0n) is 16.5. The Labute approximate surface area is 170 Å². The van der Waals surface area contributed by atoms with Crippen LogP contribution < -0.4 is 10.0 Å². The number of nitrogens with one attached hydrogen (secondary N) is 2. The molecule has 2 aromatic carbocycles. The van der Waals surface area contributed by atoms with Gasteiger partial charge in [-0.15, -0.1) is 5.10 Å². The fraction of sp³-hybridized carbons (Fsp3) is 0.250. The summed E-state index contributed by atoms with van der Waals surface area (Å²) in [6, 6.07) is 14.8. The Morgan fingerprint density at radius 1 is 1.00 bits per heavy atom. The predicted octanol–water partition coefficient (Wildman–Crippen LogP) is 1.86. The Balaban J connectivity index is 1.65. The lowest BCUT2D eigenvalue weighted by Crippen LogP contribution is -2.24. The predicted molar refractivity (Wildman–Crippen MR) is 110 cm³/mol. The van der Waals surface area contributed by atoms with Crippen LogP contribution in [0, 0.1) is 13.8 Å². The van der Waals surface area contributed by atoms with Gasteiger partial charge in [-0.3, -0.25) is 4.79 Å². The minimum absolute atomic E-state index is 0.0859. The molecule has 0 atom stereocenters. The molecule has 1 heterocycles. The first-order chi connectivity index (χ1) is 13.8. The maximum Gasteiger partial charge on any atom is 0.274 e. The first-order valence-corrected chi connectivity index (χ1v) is 10.7. The Kier molecular flexibility index (Phi) is 6.09. The molecule has 29 heavy (non-hydrogen) atoms. The molecular weight excluding hydrogens is 390 g/mol. The summed E-state index contributed by atoms with van der Waals surface area (Å²) >= 11 is 0. The fourth-order valence-corrected chi connectivity index (χ4v) is 3.56. The lowest BCUT2D eigenvalue weighted by molar-refractivity contribution is 0.0945. The monoisotopic (exact) mass is 413 g/mol. The summed E-state index contributed by atoms with van der Waals surface area (Å²) in [5.74, 6) is -0.403. The highest BCUT2D eigenvalue weighted by Gasteiger charge is 2.17. The third-order valence-electron chi connectivity index (χ3n) is 4.53. The van der Waals surface area contributed by atoms with E-state index in [1.165, 1.54) is 7.05 Å². The second-order valence-electron chi connectivity index (χ2n) is 6.73. The lowest BCUT2D eigenvalue weighted by Gasteiger charge is -2.07. The van der Waals surface area contributed by atoms with Gasteiger partial charge in [-0.1, -0.05) is 47.2 Å². The van der Waals surface area contributed by atoms with E-state index in [1.54, 1.807) is 35.9 Å². The van der Waals surface area contributed by atoms with Crippen molar-refractivity contribution < 1.29 is 13.2 Å². The minimum Gasteiger partial charge on any atom is -0.347 e. The van der Waals surface area contributed by atoms with Crippen molar-refractivity contribution >= 4 is 15.9 Å². The summed E-state index contributed by atoms with van der Waals surface area (Å²) in [5, 5.41) is 10.9. The van der Waals surface area contributed by atoms with Crippen LogP contribution in [0.4, 0.5) is 0 Å². The second-order valence-corrected chi connectivity index (χ2v) is 8.66. The zero-order chi connectivity index (χ0) is 21.0. The molecule has 0 spiro atoms. The molecule has 0 saturated heterocycles. The van der Waals surface area contributed by atoms with E-state index in [-0.39, 0.29) is 17.4 Å². The maximum absolute atomic E-state index is 12.5. The molecule has 0 radical (unpaired) electrons. The molecule has 0 unspecified atom stereocenters. The molecule has 0 bridgehead atoms. The number of benzene rings is 2. The standard InChI is InChI=1S/C20H23N5O3S/c1-14-4-10-18(11-5-14)25-15(2)19(23-24-25)20(26)22-12-16-6-8-17(9-7-16)13-29(27,28)21-3/h4-11,21H,12-13H2,1-3H3,(H,22,26). The summed E-state index contributed by atoms with van der Waals surface area (Å²) in [7, 11) is -1.93. The number of hydrogen-bond donors (Lipinski definition) is 2. The van der Waals surface area contributed by atoms with Crippen LogP contribution in [0.1, 0.15) is 32.9 Å². The van der Waals surface area contributed by atoms with E-state index in [9.17, 15) is 13.2 Å². The van der Waals surface area contributed by atoms with Gasteiger partial charge in [0.2, 0.25) is 10.0 Å². The highest BCUT2D eigenvalue weighted by atomic mass is 32.2. The van der Waals surface area contributed by atoms with Crippen LogP contribution in [0.15, 0.2) is 48.5 Å². The van der Waals surface area contributed by atoms with Crippen LogP contribution in [0.3, 0.4) is 0 Å². The van der Waals surface area contributed by atoms with Gasteiger partial charge in [0.05, 0.1) is 17.1 Å². The van der Waals surface area contributed by atoms with E-state index < -0.39 is 10.0 Å². The number of nitrogens with zero attached hydrogens (tertiary/aromatic N) is 3. The lowest BCUT2D eigenvalue weighted by atomic mass is 10.1. The van der Waals surface area contributed by atoms with Gasteiger partial charge in [-0.25, -0.2) is 17.8 Å². The summed E-state index contributed by atoms with van der Waals surface area (Å²) in [6.07, 6.45) is 0. The first kappa shape index (κ1) is 20.7. The number of carbonyl (C=O) groups excluding carboxylic acids is 1. The van der Waals surface area contributed by atoms with Crippen molar-refractivity contribution in [1.29, 1.82) is 0 Å². The zero-order valence-corrected chi connectivity index (χ0v) is 17.3. The Morgan fingerprint density at radius 2 is 1.62 bits per heavy atom. The third-order valence-corrected chi connectivity index (χ3v) is 5.87. The molecule has 1 amide bonds. The van der Waals surface area contributed by atoms with Crippen molar-refractivity contribution in [3.05, 3.63) is 76.6 Å². The van der Waals surface area contributed by atoms with Gasteiger partial charge in [0.15, 0.2) is 5.69 Å². The molecule has 0 saturated carbocycles. The SMILES string of the molecule is CNS(=O)(=O)Cc1ccc(CNC(=O)c2nnn(-c3ccc(C)cc3)c2C)cc1. The number of amides is 1. The number of hydrogen-bond acceptors (Lipinski definition) is 5. The van der Waals surface area contributed by atoms with Crippen molar-refractivity contribution in [2.45, 2.75) is 26.1 Å². The van der Waals surface area contributed by atoms with Crippen molar-refractivity contribution in [3.8, 4) is 5.69 Å². The highest BCUT2D eigenvalue weighted by Crippen LogP contribution is 2.13. The second kappa shape index (κ2) is 8.54. The average Bonchev–Trinajstić information content (AvgIpc) is 3.09. The molecular formula is C20H23N5O3S. The normalized spacial score (nSPS) is 11.4. The molecule has 3 rings (SSSR count). The summed E-state index contributed by atoms with van der Waals surface area (Å²) in [4.78, 5) is 12.5. The maximum atomic E-state index is 12.5. The number of sulfonamides is 1. The molecule has 1 aromatic heterocycles. The van der Waals surface area contributed by atoms with Gasteiger partial charge in [0, 0.05) is 6.54 Å². The Morgan fingerprint density at radius 3 is 2.24 bits per heavy atom. The van der Waals surface area contributed by atoms with Gasteiger partial charge in [0.25, 0.3) is 5.91 Å². The van der Waals surface area contributed by atoms with E-state index in [1.807, 2.05) is 31.2 Å².